The highest BCUT2D eigenvalue weighted by Crippen LogP contribution is 2.28. The largest absolute Gasteiger partial charge is 0.573 e. The molecule has 0 unspecified atom stereocenters. The van der Waals surface area contributed by atoms with Gasteiger partial charge in [-0.15, -0.1) is 13.2 Å². The van der Waals surface area contributed by atoms with E-state index in [-0.39, 0.29) is 5.75 Å². The van der Waals surface area contributed by atoms with Gasteiger partial charge in [0.05, 0.1) is 3.57 Å². The van der Waals surface area contributed by atoms with Gasteiger partial charge < -0.3 is 10.2 Å². The number of benzene rings is 2. The fraction of sp³-hybridized carbons (Fsp3) is 0.143. The van der Waals surface area contributed by atoms with Crippen molar-refractivity contribution in [3.8, 4) is 5.75 Å². The van der Waals surface area contributed by atoms with Crippen LogP contribution >= 0.6 is 22.6 Å². The third-order valence-electron chi connectivity index (χ3n) is 2.52. The maximum Gasteiger partial charge on any atom is 0.573 e. The molecule has 0 amide bonds. The lowest BCUT2D eigenvalue weighted by Gasteiger charge is -2.13. The molecule has 3 nitrogen and oxygen atoms in total. The molecule has 2 aromatic carbocycles. The van der Waals surface area contributed by atoms with E-state index in [1.807, 2.05) is 30.3 Å². The summed E-state index contributed by atoms with van der Waals surface area (Å²) >= 11 is 1.80. The van der Waals surface area contributed by atoms with Crippen LogP contribution in [0.25, 0.3) is 0 Å². The summed E-state index contributed by atoms with van der Waals surface area (Å²) in [5, 5.41) is 0. The summed E-state index contributed by atoms with van der Waals surface area (Å²) in [4.78, 5) is 0. The Kier molecular flexibility index (Phi) is 5.29. The SMILES string of the molecule is FC(F)(F)Oc1cc(CNNc2ccccc2)ccc1I. The van der Waals surface area contributed by atoms with Crippen molar-refractivity contribution in [2.45, 2.75) is 12.9 Å². The van der Waals surface area contributed by atoms with E-state index in [0.29, 0.717) is 15.7 Å². The molecular formula is C14H12F3IN2O. The molecule has 0 aliphatic carbocycles. The van der Waals surface area contributed by atoms with Crippen molar-refractivity contribution in [2.75, 3.05) is 5.43 Å². The third kappa shape index (κ3) is 5.43. The van der Waals surface area contributed by atoms with Gasteiger partial charge in [-0.1, -0.05) is 24.3 Å². The lowest BCUT2D eigenvalue weighted by Crippen LogP contribution is -2.21. The fourth-order valence-electron chi connectivity index (χ4n) is 1.63. The molecule has 0 atom stereocenters. The molecular weight excluding hydrogens is 396 g/mol. The van der Waals surface area contributed by atoms with Crippen LogP contribution in [0.4, 0.5) is 18.9 Å². The number of alkyl halides is 3. The smallest absolute Gasteiger partial charge is 0.405 e. The predicted octanol–water partition coefficient (Wildman–Crippen LogP) is 4.31. The topological polar surface area (TPSA) is 33.3 Å². The number of nitrogens with one attached hydrogen (secondary N) is 2. The van der Waals surface area contributed by atoms with Crippen molar-refractivity contribution >= 4 is 28.3 Å². The van der Waals surface area contributed by atoms with Crippen LogP contribution in [-0.4, -0.2) is 6.36 Å². The molecule has 2 N–H and O–H groups in total. The van der Waals surface area contributed by atoms with Crippen LogP contribution < -0.4 is 15.6 Å². The van der Waals surface area contributed by atoms with E-state index >= 15 is 0 Å². The van der Waals surface area contributed by atoms with Crippen LogP contribution in [-0.2, 0) is 6.54 Å². The Morgan fingerprint density at radius 1 is 1.05 bits per heavy atom. The Morgan fingerprint density at radius 2 is 1.76 bits per heavy atom. The number of hydrogen-bond donors (Lipinski definition) is 2. The molecule has 0 aliphatic rings. The second-order valence-electron chi connectivity index (χ2n) is 4.16. The predicted molar refractivity (Wildman–Crippen MR) is 82.7 cm³/mol. The summed E-state index contributed by atoms with van der Waals surface area (Å²) in [5.41, 5.74) is 7.45. The Hall–Kier alpha value is -1.48. The normalized spacial score (nSPS) is 11.2. The molecule has 0 heterocycles. The van der Waals surface area contributed by atoms with Gasteiger partial charge in [-0.2, -0.15) is 0 Å². The summed E-state index contributed by atoms with van der Waals surface area (Å²) in [5.74, 6) is -0.192. The van der Waals surface area contributed by atoms with Crippen molar-refractivity contribution in [2.24, 2.45) is 0 Å². The van der Waals surface area contributed by atoms with Gasteiger partial charge in [0, 0.05) is 12.2 Å². The molecule has 0 aliphatic heterocycles. The zero-order chi connectivity index (χ0) is 15.3. The van der Waals surface area contributed by atoms with E-state index in [0.717, 1.165) is 5.69 Å². The van der Waals surface area contributed by atoms with Gasteiger partial charge in [-0.3, -0.25) is 0 Å². The summed E-state index contributed by atoms with van der Waals surface area (Å²) in [6.07, 6.45) is -4.69. The van der Waals surface area contributed by atoms with E-state index < -0.39 is 6.36 Å². The molecule has 0 spiro atoms. The van der Waals surface area contributed by atoms with Crippen molar-refractivity contribution in [1.82, 2.24) is 5.43 Å². The minimum Gasteiger partial charge on any atom is -0.405 e. The molecule has 0 saturated heterocycles. The molecule has 0 radical (unpaired) electrons. The van der Waals surface area contributed by atoms with Gasteiger partial charge in [0.25, 0.3) is 0 Å². The highest BCUT2D eigenvalue weighted by Gasteiger charge is 2.31. The first-order valence-corrected chi connectivity index (χ1v) is 7.10. The van der Waals surface area contributed by atoms with Crippen LogP contribution in [0.2, 0.25) is 0 Å². The Morgan fingerprint density at radius 3 is 2.43 bits per heavy atom. The number of para-hydroxylation sites is 1. The highest BCUT2D eigenvalue weighted by molar-refractivity contribution is 14.1. The second kappa shape index (κ2) is 6.99. The molecule has 2 rings (SSSR count). The maximum atomic E-state index is 12.3. The van der Waals surface area contributed by atoms with E-state index in [1.165, 1.54) is 6.07 Å². The van der Waals surface area contributed by atoms with Gasteiger partial charge in [-0.25, -0.2) is 5.43 Å². The van der Waals surface area contributed by atoms with E-state index in [9.17, 15) is 13.2 Å². The molecule has 0 aromatic heterocycles. The Bertz CT molecular complexity index is 591. The van der Waals surface area contributed by atoms with Crippen LogP contribution in [0, 0.1) is 3.57 Å². The van der Waals surface area contributed by atoms with Gasteiger partial charge in [0.2, 0.25) is 0 Å². The summed E-state index contributed by atoms with van der Waals surface area (Å²) in [6.45, 7) is 0.361. The first kappa shape index (κ1) is 15.9. The van der Waals surface area contributed by atoms with Gasteiger partial charge >= 0.3 is 6.36 Å². The van der Waals surface area contributed by atoms with Gasteiger partial charge in [-0.05, 0) is 52.4 Å². The van der Waals surface area contributed by atoms with Crippen molar-refractivity contribution in [1.29, 1.82) is 0 Å². The first-order valence-electron chi connectivity index (χ1n) is 6.02. The summed E-state index contributed by atoms with van der Waals surface area (Å²) in [6, 6.07) is 14.1. The summed E-state index contributed by atoms with van der Waals surface area (Å²) in [7, 11) is 0. The van der Waals surface area contributed by atoms with Gasteiger partial charge in [0.15, 0.2) is 0 Å². The van der Waals surface area contributed by atoms with Crippen LogP contribution in [0.1, 0.15) is 5.56 Å². The average molecular weight is 408 g/mol. The molecule has 2 aromatic rings. The zero-order valence-electron chi connectivity index (χ0n) is 10.7. The maximum absolute atomic E-state index is 12.3. The van der Waals surface area contributed by atoms with E-state index in [2.05, 4.69) is 15.6 Å². The highest BCUT2D eigenvalue weighted by atomic mass is 127. The standard InChI is InChI=1S/C14H12F3IN2O/c15-14(16,17)21-13-8-10(6-7-12(13)18)9-19-20-11-4-2-1-3-5-11/h1-8,19-20H,9H2. The number of ether oxygens (including phenoxy) is 1. The molecule has 0 fully saturated rings. The lowest BCUT2D eigenvalue weighted by atomic mass is 10.2. The Balaban J connectivity index is 1.96. The first-order chi connectivity index (χ1) is 9.94. The minimum absolute atomic E-state index is 0.192. The van der Waals surface area contributed by atoms with Crippen molar-refractivity contribution < 1.29 is 17.9 Å². The molecule has 21 heavy (non-hydrogen) atoms. The van der Waals surface area contributed by atoms with Crippen LogP contribution in [0.3, 0.4) is 0 Å². The monoisotopic (exact) mass is 408 g/mol. The van der Waals surface area contributed by atoms with Gasteiger partial charge in [0.1, 0.15) is 5.75 Å². The zero-order valence-corrected chi connectivity index (χ0v) is 12.9. The number of rotatable bonds is 5. The fourth-order valence-corrected chi connectivity index (χ4v) is 2.08. The quantitative estimate of drug-likeness (QED) is 0.572. The van der Waals surface area contributed by atoms with Crippen molar-refractivity contribution in [3.63, 3.8) is 0 Å². The number of hydrazine groups is 1. The van der Waals surface area contributed by atoms with E-state index in [4.69, 9.17) is 0 Å². The molecule has 7 heteroatoms. The molecule has 0 saturated carbocycles. The summed E-state index contributed by atoms with van der Waals surface area (Å²) < 4.78 is 41.2. The lowest BCUT2D eigenvalue weighted by molar-refractivity contribution is -0.275. The number of hydrogen-bond acceptors (Lipinski definition) is 3. The molecule has 0 bridgehead atoms. The third-order valence-corrected chi connectivity index (χ3v) is 3.41. The van der Waals surface area contributed by atoms with Crippen LogP contribution in [0.15, 0.2) is 48.5 Å². The van der Waals surface area contributed by atoms with Crippen LogP contribution in [0.5, 0.6) is 5.75 Å². The number of halogens is 4. The number of anilines is 1. The Labute approximate surface area is 133 Å². The second-order valence-corrected chi connectivity index (χ2v) is 5.32. The minimum atomic E-state index is -4.69. The average Bonchev–Trinajstić information content (AvgIpc) is 2.42. The van der Waals surface area contributed by atoms with E-state index in [1.54, 1.807) is 34.7 Å². The van der Waals surface area contributed by atoms with Crippen molar-refractivity contribution in [3.05, 3.63) is 57.7 Å². The molecule has 112 valence electrons.